The van der Waals surface area contributed by atoms with Crippen LogP contribution in [-0.4, -0.2) is 57.9 Å². The molecule has 4 heterocycles. The van der Waals surface area contributed by atoms with E-state index in [2.05, 4.69) is 25.9 Å². The molecule has 2 fully saturated rings. The Bertz CT molecular complexity index is 1850. The number of hydrogen-bond donors (Lipinski definition) is 3. The van der Waals surface area contributed by atoms with Gasteiger partial charge in [0, 0.05) is 48.6 Å². The van der Waals surface area contributed by atoms with E-state index in [1.54, 1.807) is 12.1 Å². The number of imide groups is 1. The Labute approximate surface area is 262 Å². The number of aromatic nitrogens is 2. The quantitative estimate of drug-likeness (QED) is 0.237. The average Bonchev–Trinajstić information content (AvgIpc) is 3.65. The highest BCUT2D eigenvalue weighted by atomic mass is 35.5. The number of carbonyl (C=O) groups excluding carboxylic acids is 3. The minimum Gasteiger partial charge on any atom is -0.486 e. The molecule has 1 unspecified atom stereocenters. The van der Waals surface area contributed by atoms with Crippen molar-refractivity contribution in [2.75, 3.05) is 23.8 Å². The lowest BCUT2D eigenvalue weighted by Crippen LogP contribution is -2.52. The van der Waals surface area contributed by atoms with Crippen LogP contribution in [0, 0.1) is 5.82 Å². The van der Waals surface area contributed by atoms with Crippen LogP contribution in [0.2, 0.25) is 5.02 Å². The van der Waals surface area contributed by atoms with E-state index in [0.29, 0.717) is 72.1 Å². The molecule has 3 aliphatic rings. The van der Waals surface area contributed by atoms with Gasteiger partial charge < -0.3 is 25.0 Å². The zero-order chi connectivity index (χ0) is 31.1. The number of rotatable bonds is 8. The SMILES string of the molecule is O=C1CCC(N2Cc3cc(CNc4cc5c(Nc6ccc(F)c(Cl)c6)ncnc5cc4O[C@H]4CCOC4)ccc3C2=O)C(=O)N1. The minimum absolute atomic E-state index is 0.00791. The van der Waals surface area contributed by atoms with Gasteiger partial charge in [-0.2, -0.15) is 0 Å². The number of nitrogens with one attached hydrogen (secondary N) is 3. The summed E-state index contributed by atoms with van der Waals surface area (Å²) in [6, 6.07) is 13.0. The third kappa shape index (κ3) is 5.86. The number of anilines is 3. The normalized spacial score (nSPS) is 19.5. The van der Waals surface area contributed by atoms with Crippen molar-refractivity contribution in [3.63, 3.8) is 0 Å². The van der Waals surface area contributed by atoms with Crippen LogP contribution in [0.4, 0.5) is 21.6 Å². The molecule has 1 aromatic heterocycles. The number of amides is 3. The summed E-state index contributed by atoms with van der Waals surface area (Å²) in [7, 11) is 0. The molecule has 13 heteroatoms. The lowest BCUT2D eigenvalue weighted by Gasteiger charge is -2.29. The number of benzene rings is 3. The fraction of sp³-hybridized carbons (Fsp3) is 0.281. The van der Waals surface area contributed by atoms with Gasteiger partial charge in [-0.3, -0.25) is 19.7 Å². The first-order chi connectivity index (χ1) is 21.8. The first-order valence-corrected chi connectivity index (χ1v) is 15.0. The zero-order valence-electron chi connectivity index (χ0n) is 23.9. The number of ether oxygens (including phenoxy) is 2. The van der Waals surface area contributed by atoms with Crippen LogP contribution in [0.3, 0.4) is 0 Å². The number of halogens is 2. The summed E-state index contributed by atoms with van der Waals surface area (Å²) in [5.41, 5.74) is 4.20. The molecule has 0 saturated carbocycles. The molecule has 4 aromatic rings. The van der Waals surface area contributed by atoms with Crippen LogP contribution in [0.25, 0.3) is 10.9 Å². The van der Waals surface area contributed by atoms with E-state index in [9.17, 15) is 18.8 Å². The maximum Gasteiger partial charge on any atom is 0.255 e. The molecule has 230 valence electrons. The molecular weight excluding hydrogens is 603 g/mol. The Kier molecular flexibility index (Phi) is 7.68. The van der Waals surface area contributed by atoms with Gasteiger partial charge in [0.15, 0.2) is 0 Å². The molecule has 2 atom stereocenters. The topological polar surface area (TPSA) is 135 Å². The standard InChI is InChI=1S/C32H28ClFN6O5/c33-23-10-19(2-4-24(23)34)38-30-22-11-26(28(12-25(22)36-16-37-30)45-20-7-8-44-15-20)35-13-17-1-3-21-18(9-17)14-40(32(21)43)27-5-6-29(41)39-31(27)42/h1-4,9-12,16,20,27,35H,5-8,13-15H2,(H,36,37,38)(H,39,41,42)/t20-,27?/m0/s1. The molecular formula is C32H28ClFN6O5. The van der Waals surface area contributed by atoms with Crippen LogP contribution < -0.4 is 20.7 Å². The Morgan fingerprint density at radius 1 is 1.09 bits per heavy atom. The number of piperidine rings is 1. The van der Waals surface area contributed by atoms with Gasteiger partial charge in [-0.05, 0) is 47.9 Å². The second-order valence-corrected chi connectivity index (χ2v) is 11.6. The molecule has 0 radical (unpaired) electrons. The third-order valence-corrected chi connectivity index (χ3v) is 8.46. The summed E-state index contributed by atoms with van der Waals surface area (Å²) >= 11 is 5.99. The first-order valence-electron chi connectivity index (χ1n) is 14.6. The molecule has 0 spiro atoms. The minimum atomic E-state index is -0.669. The smallest absolute Gasteiger partial charge is 0.255 e. The van der Waals surface area contributed by atoms with Crippen molar-refractivity contribution in [3.05, 3.63) is 82.4 Å². The predicted octanol–water partition coefficient (Wildman–Crippen LogP) is 4.71. The van der Waals surface area contributed by atoms with Gasteiger partial charge in [0.1, 0.15) is 35.9 Å². The molecule has 2 saturated heterocycles. The van der Waals surface area contributed by atoms with E-state index in [0.717, 1.165) is 17.5 Å². The molecule has 11 nitrogen and oxygen atoms in total. The van der Waals surface area contributed by atoms with Crippen molar-refractivity contribution in [3.8, 4) is 5.75 Å². The summed E-state index contributed by atoms with van der Waals surface area (Å²) in [5, 5.41) is 9.70. The summed E-state index contributed by atoms with van der Waals surface area (Å²) in [6.45, 7) is 1.82. The summed E-state index contributed by atoms with van der Waals surface area (Å²) in [5.74, 6) is -0.380. The summed E-state index contributed by atoms with van der Waals surface area (Å²) in [6.07, 6.45) is 2.61. The maximum atomic E-state index is 13.7. The van der Waals surface area contributed by atoms with Crippen molar-refractivity contribution >= 4 is 57.4 Å². The molecule has 3 aromatic carbocycles. The van der Waals surface area contributed by atoms with Gasteiger partial charge >= 0.3 is 0 Å². The van der Waals surface area contributed by atoms with E-state index in [1.165, 1.54) is 23.4 Å². The second-order valence-electron chi connectivity index (χ2n) is 11.2. The van der Waals surface area contributed by atoms with E-state index < -0.39 is 17.8 Å². The van der Waals surface area contributed by atoms with E-state index in [4.69, 9.17) is 21.1 Å². The third-order valence-electron chi connectivity index (χ3n) is 8.17. The van der Waals surface area contributed by atoms with Crippen molar-refractivity contribution in [2.45, 2.75) is 44.5 Å². The lowest BCUT2D eigenvalue weighted by atomic mass is 10.0. The largest absolute Gasteiger partial charge is 0.486 e. The lowest BCUT2D eigenvalue weighted by molar-refractivity contribution is -0.136. The molecule has 7 rings (SSSR count). The van der Waals surface area contributed by atoms with Gasteiger partial charge in [0.25, 0.3) is 5.91 Å². The van der Waals surface area contributed by atoms with E-state index in [-0.39, 0.29) is 29.4 Å². The average molecular weight is 631 g/mol. The van der Waals surface area contributed by atoms with Crippen molar-refractivity contribution < 1.29 is 28.2 Å². The molecule has 0 aliphatic carbocycles. The highest BCUT2D eigenvalue weighted by Crippen LogP contribution is 2.36. The number of fused-ring (bicyclic) bond motifs is 2. The fourth-order valence-electron chi connectivity index (χ4n) is 5.85. The van der Waals surface area contributed by atoms with Gasteiger partial charge in [-0.1, -0.05) is 23.7 Å². The summed E-state index contributed by atoms with van der Waals surface area (Å²) in [4.78, 5) is 47.5. The Morgan fingerprint density at radius 2 is 1.98 bits per heavy atom. The van der Waals surface area contributed by atoms with E-state index in [1.807, 2.05) is 24.3 Å². The van der Waals surface area contributed by atoms with Crippen molar-refractivity contribution in [2.24, 2.45) is 0 Å². The number of carbonyl (C=O) groups is 3. The van der Waals surface area contributed by atoms with Crippen molar-refractivity contribution in [1.29, 1.82) is 0 Å². The number of nitrogens with zero attached hydrogens (tertiary/aromatic N) is 3. The van der Waals surface area contributed by atoms with Gasteiger partial charge in [0.2, 0.25) is 11.8 Å². The van der Waals surface area contributed by atoms with Crippen LogP contribution in [0.1, 0.15) is 40.7 Å². The first kappa shape index (κ1) is 28.9. The molecule has 45 heavy (non-hydrogen) atoms. The molecule has 3 aliphatic heterocycles. The highest BCUT2D eigenvalue weighted by molar-refractivity contribution is 6.31. The van der Waals surface area contributed by atoms with Crippen LogP contribution in [0.5, 0.6) is 5.75 Å². The van der Waals surface area contributed by atoms with E-state index >= 15 is 0 Å². The van der Waals surface area contributed by atoms with Crippen LogP contribution in [-0.2, 0) is 27.4 Å². The Balaban J connectivity index is 1.15. The Hall–Kier alpha value is -4.81. The Morgan fingerprint density at radius 3 is 2.78 bits per heavy atom. The zero-order valence-corrected chi connectivity index (χ0v) is 24.7. The maximum absolute atomic E-state index is 13.7. The second kappa shape index (κ2) is 11.9. The highest BCUT2D eigenvalue weighted by Gasteiger charge is 2.39. The van der Waals surface area contributed by atoms with Crippen LogP contribution >= 0.6 is 11.6 Å². The fourth-order valence-corrected chi connectivity index (χ4v) is 6.03. The molecule has 3 amide bonds. The van der Waals surface area contributed by atoms with Gasteiger partial charge in [0.05, 0.1) is 29.4 Å². The number of hydrogen-bond acceptors (Lipinski definition) is 9. The van der Waals surface area contributed by atoms with Crippen molar-refractivity contribution in [1.82, 2.24) is 20.2 Å². The van der Waals surface area contributed by atoms with Gasteiger partial charge in [-0.25, -0.2) is 14.4 Å². The van der Waals surface area contributed by atoms with Crippen LogP contribution in [0.15, 0.2) is 54.9 Å². The monoisotopic (exact) mass is 630 g/mol. The summed E-state index contributed by atoms with van der Waals surface area (Å²) < 4.78 is 25.6. The predicted molar refractivity (Wildman–Crippen MR) is 164 cm³/mol. The molecule has 3 N–H and O–H groups in total. The van der Waals surface area contributed by atoms with Gasteiger partial charge in [-0.15, -0.1) is 0 Å². The molecule has 0 bridgehead atoms.